The topological polar surface area (TPSA) is 47.3 Å². The maximum Gasteiger partial charge on any atom is 0.229 e. The Labute approximate surface area is 171 Å². The Morgan fingerprint density at radius 2 is 1.89 bits per heavy atom. The number of carbonyl (C=O) groups excluding carboxylic acids is 1. The van der Waals surface area contributed by atoms with Gasteiger partial charge in [-0.2, -0.15) is 5.26 Å². The fourth-order valence-corrected chi connectivity index (χ4v) is 4.93. The molecule has 4 nitrogen and oxygen atoms in total. The number of amides is 1. The van der Waals surface area contributed by atoms with E-state index >= 15 is 0 Å². The van der Waals surface area contributed by atoms with Crippen LogP contribution >= 0.6 is 27.7 Å². The first-order chi connectivity index (χ1) is 13.2. The van der Waals surface area contributed by atoms with Crippen molar-refractivity contribution < 1.29 is 4.79 Å². The second kappa shape index (κ2) is 7.89. The highest BCUT2D eigenvalue weighted by molar-refractivity contribution is 9.10. The van der Waals surface area contributed by atoms with E-state index in [1.165, 1.54) is 5.56 Å². The summed E-state index contributed by atoms with van der Waals surface area (Å²) in [7, 11) is 0. The third-order valence-corrected chi connectivity index (χ3v) is 6.61. The fourth-order valence-electron chi connectivity index (χ4n) is 3.53. The lowest BCUT2D eigenvalue weighted by molar-refractivity contribution is -0.131. The van der Waals surface area contributed by atoms with Crippen LogP contribution in [0.25, 0.3) is 0 Å². The van der Waals surface area contributed by atoms with E-state index in [0.29, 0.717) is 18.7 Å². The second-order valence-electron chi connectivity index (χ2n) is 6.69. The van der Waals surface area contributed by atoms with Crippen molar-refractivity contribution in [3.63, 3.8) is 0 Å². The Bertz CT molecular complexity index is 921. The van der Waals surface area contributed by atoms with Crippen molar-refractivity contribution >= 4 is 33.6 Å². The molecule has 2 aliphatic rings. The van der Waals surface area contributed by atoms with Crippen LogP contribution in [0.4, 0.5) is 0 Å². The minimum absolute atomic E-state index is 0.0854. The molecule has 2 aromatic carbocycles. The molecule has 0 N–H and O–H groups in total. The maximum absolute atomic E-state index is 12.9. The summed E-state index contributed by atoms with van der Waals surface area (Å²) in [5.41, 5.74) is 2.95. The molecular formula is C21H18BrN3OS. The lowest BCUT2D eigenvalue weighted by atomic mass is 9.86. The molecule has 1 fully saturated rings. The van der Waals surface area contributed by atoms with Crippen molar-refractivity contribution in [2.75, 3.05) is 12.5 Å². The van der Waals surface area contributed by atoms with Gasteiger partial charge in [-0.05, 0) is 23.3 Å². The summed E-state index contributed by atoms with van der Waals surface area (Å²) in [6, 6.07) is 20.5. The Balaban J connectivity index is 1.59. The highest BCUT2D eigenvalue weighted by Crippen LogP contribution is 2.42. The van der Waals surface area contributed by atoms with Gasteiger partial charge < -0.3 is 0 Å². The van der Waals surface area contributed by atoms with E-state index < -0.39 is 0 Å². The van der Waals surface area contributed by atoms with Crippen LogP contribution < -0.4 is 0 Å². The molecule has 2 aliphatic heterocycles. The summed E-state index contributed by atoms with van der Waals surface area (Å²) in [5, 5.41) is 10.6. The number of fused-ring (bicyclic) bond motifs is 1. The Morgan fingerprint density at radius 1 is 1.15 bits per heavy atom. The molecular weight excluding hydrogens is 422 g/mol. The van der Waals surface area contributed by atoms with Gasteiger partial charge in [-0.25, -0.2) is 0 Å². The van der Waals surface area contributed by atoms with Gasteiger partial charge >= 0.3 is 0 Å². The number of benzene rings is 2. The van der Waals surface area contributed by atoms with Crippen LogP contribution in [0.1, 0.15) is 23.5 Å². The summed E-state index contributed by atoms with van der Waals surface area (Å²) >= 11 is 5.03. The maximum atomic E-state index is 12.9. The van der Waals surface area contributed by atoms with Crippen molar-refractivity contribution in [1.82, 2.24) is 9.80 Å². The van der Waals surface area contributed by atoms with Crippen LogP contribution in [0.3, 0.4) is 0 Å². The first-order valence-corrected chi connectivity index (χ1v) is 10.5. The normalized spacial score (nSPS) is 20.4. The quantitative estimate of drug-likeness (QED) is 0.697. The second-order valence-corrected chi connectivity index (χ2v) is 8.54. The van der Waals surface area contributed by atoms with Crippen LogP contribution in [0.5, 0.6) is 0 Å². The first kappa shape index (κ1) is 18.3. The number of rotatable bonds is 3. The van der Waals surface area contributed by atoms with Crippen LogP contribution in [0.2, 0.25) is 0 Å². The first-order valence-electron chi connectivity index (χ1n) is 8.75. The SMILES string of the molecule is N#CC1=C2SCN(Cc3ccccc3)CN2C(=O)CC1c1ccc(Br)cc1. The van der Waals surface area contributed by atoms with E-state index in [4.69, 9.17) is 0 Å². The molecule has 0 bridgehead atoms. The number of thioether (sulfide) groups is 1. The Kier molecular flexibility index (Phi) is 5.35. The molecule has 1 saturated heterocycles. The lowest BCUT2D eigenvalue weighted by Crippen LogP contribution is -2.46. The third kappa shape index (κ3) is 3.81. The highest BCUT2D eigenvalue weighted by Gasteiger charge is 2.38. The van der Waals surface area contributed by atoms with Gasteiger partial charge in [0.25, 0.3) is 0 Å². The molecule has 0 spiro atoms. The van der Waals surface area contributed by atoms with Crippen molar-refractivity contribution in [2.45, 2.75) is 18.9 Å². The predicted octanol–water partition coefficient (Wildman–Crippen LogP) is 4.66. The molecule has 4 rings (SSSR count). The number of hydrogen-bond acceptors (Lipinski definition) is 4. The van der Waals surface area contributed by atoms with Gasteiger partial charge in [0.1, 0.15) is 0 Å². The van der Waals surface area contributed by atoms with E-state index in [9.17, 15) is 10.1 Å². The zero-order chi connectivity index (χ0) is 18.8. The molecule has 6 heteroatoms. The van der Waals surface area contributed by atoms with E-state index in [0.717, 1.165) is 27.5 Å². The zero-order valence-electron chi connectivity index (χ0n) is 14.6. The summed E-state index contributed by atoms with van der Waals surface area (Å²) < 4.78 is 0.991. The molecule has 1 unspecified atom stereocenters. The van der Waals surface area contributed by atoms with Crippen LogP contribution in [0, 0.1) is 11.3 Å². The van der Waals surface area contributed by atoms with Gasteiger partial charge in [-0.3, -0.25) is 14.6 Å². The summed E-state index contributed by atoms with van der Waals surface area (Å²) in [5.74, 6) is 0.698. The van der Waals surface area contributed by atoms with E-state index in [1.807, 2.05) is 42.5 Å². The van der Waals surface area contributed by atoms with Gasteiger partial charge in [0.15, 0.2) is 0 Å². The van der Waals surface area contributed by atoms with E-state index in [2.05, 4.69) is 39.0 Å². The molecule has 0 aromatic heterocycles. The largest absolute Gasteiger partial charge is 0.292 e. The average molecular weight is 440 g/mol. The number of nitriles is 1. The standard InChI is InChI=1S/C21H18BrN3OS/c22-17-8-6-16(7-9-17)18-10-20(26)25-13-24(12-15-4-2-1-3-5-15)14-27-21(25)19(18)11-23/h1-9,18H,10,12-14H2. The molecule has 2 aromatic rings. The smallest absolute Gasteiger partial charge is 0.229 e. The summed E-state index contributed by atoms with van der Waals surface area (Å²) in [6.45, 7) is 1.33. The lowest BCUT2D eigenvalue weighted by Gasteiger charge is -2.41. The minimum Gasteiger partial charge on any atom is -0.292 e. The third-order valence-electron chi connectivity index (χ3n) is 4.87. The van der Waals surface area contributed by atoms with Crippen molar-refractivity contribution in [3.05, 3.63) is 80.8 Å². The van der Waals surface area contributed by atoms with Crippen LogP contribution in [-0.2, 0) is 11.3 Å². The van der Waals surface area contributed by atoms with E-state index in [1.54, 1.807) is 16.7 Å². The van der Waals surface area contributed by atoms with Crippen molar-refractivity contribution in [3.8, 4) is 6.07 Å². The minimum atomic E-state index is -0.157. The van der Waals surface area contributed by atoms with E-state index in [-0.39, 0.29) is 11.8 Å². The molecule has 1 atom stereocenters. The van der Waals surface area contributed by atoms with Gasteiger partial charge in [0.05, 0.1) is 29.2 Å². The number of halogens is 1. The molecule has 2 heterocycles. The molecule has 136 valence electrons. The van der Waals surface area contributed by atoms with Gasteiger partial charge in [-0.15, -0.1) is 0 Å². The molecule has 27 heavy (non-hydrogen) atoms. The number of allylic oxidation sites excluding steroid dienone is 1. The van der Waals surface area contributed by atoms with Crippen molar-refractivity contribution in [2.24, 2.45) is 0 Å². The Hall–Kier alpha value is -2.07. The zero-order valence-corrected chi connectivity index (χ0v) is 17.0. The van der Waals surface area contributed by atoms with Gasteiger partial charge in [-0.1, -0.05) is 70.2 Å². The molecule has 0 saturated carbocycles. The number of carbonyl (C=O) groups is 1. The van der Waals surface area contributed by atoms with Gasteiger partial charge in [0, 0.05) is 23.4 Å². The van der Waals surface area contributed by atoms with Crippen LogP contribution in [0.15, 0.2) is 69.7 Å². The monoisotopic (exact) mass is 439 g/mol. The molecule has 1 amide bonds. The highest BCUT2D eigenvalue weighted by atomic mass is 79.9. The van der Waals surface area contributed by atoms with Crippen LogP contribution in [-0.4, -0.2) is 28.3 Å². The summed E-state index contributed by atoms with van der Waals surface area (Å²) in [4.78, 5) is 16.9. The fraction of sp³-hybridized carbons (Fsp3) is 0.238. The predicted molar refractivity (Wildman–Crippen MR) is 110 cm³/mol. The average Bonchev–Trinajstić information content (AvgIpc) is 2.69. The summed E-state index contributed by atoms with van der Waals surface area (Å²) in [6.07, 6.45) is 0.341. The van der Waals surface area contributed by atoms with Gasteiger partial charge in [0.2, 0.25) is 5.91 Å². The molecule has 0 aliphatic carbocycles. The molecule has 0 radical (unpaired) electrons. The number of nitrogens with zero attached hydrogens (tertiary/aromatic N) is 3. The van der Waals surface area contributed by atoms with Crippen molar-refractivity contribution in [1.29, 1.82) is 5.26 Å². The Morgan fingerprint density at radius 3 is 2.59 bits per heavy atom. The number of hydrogen-bond donors (Lipinski definition) is 0.